The van der Waals surface area contributed by atoms with Crippen LogP contribution in [0.5, 0.6) is 0 Å². The smallest absolute Gasteiger partial charge is 0.288 e. The molecule has 110 valence electrons. The van der Waals surface area contributed by atoms with Gasteiger partial charge >= 0.3 is 0 Å². The van der Waals surface area contributed by atoms with Crippen LogP contribution in [0.15, 0.2) is 34.2 Å². The van der Waals surface area contributed by atoms with Gasteiger partial charge in [-0.05, 0) is 24.5 Å². The Morgan fingerprint density at radius 2 is 2.10 bits per heavy atom. The zero-order valence-electron chi connectivity index (χ0n) is 11.5. The number of aliphatic imine (C=N–C) groups is 1. The van der Waals surface area contributed by atoms with Crippen molar-refractivity contribution in [2.24, 2.45) is 10.9 Å². The van der Waals surface area contributed by atoms with Gasteiger partial charge in [-0.15, -0.1) is 0 Å². The van der Waals surface area contributed by atoms with E-state index in [0.29, 0.717) is 34.3 Å². The molecule has 0 bridgehead atoms. The lowest BCUT2D eigenvalue weighted by Gasteiger charge is -2.23. The molecule has 0 aliphatic carbocycles. The van der Waals surface area contributed by atoms with Crippen LogP contribution in [0.1, 0.15) is 20.3 Å². The maximum absolute atomic E-state index is 12.5. The average molecular weight is 316 g/mol. The molecule has 0 saturated carbocycles. The fourth-order valence-corrected chi connectivity index (χ4v) is 3.50. The van der Waals surface area contributed by atoms with Crippen LogP contribution in [0.25, 0.3) is 0 Å². The van der Waals surface area contributed by atoms with E-state index in [-0.39, 0.29) is 0 Å². The molecule has 1 heterocycles. The molecule has 0 aromatic heterocycles. The van der Waals surface area contributed by atoms with Crippen LogP contribution in [0.3, 0.4) is 0 Å². The number of halogens is 2. The van der Waals surface area contributed by atoms with E-state index in [9.17, 15) is 8.78 Å². The fraction of sp³-hybridized carbons (Fsp3) is 0.500. The summed E-state index contributed by atoms with van der Waals surface area (Å²) in [5.41, 5.74) is 0.702. The molecule has 1 aromatic carbocycles. The van der Waals surface area contributed by atoms with Crippen molar-refractivity contribution >= 4 is 34.4 Å². The van der Waals surface area contributed by atoms with E-state index in [1.54, 1.807) is 23.9 Å². The van der Waals surface area contributed by atoms with Gasteiger partial charge in [-0.25, -0.2) is 0 Å². The standard InChI is InChI=1S/C14H18F2N2S2/c1-9(2)10-7-8-19-14(17-10)18-11-5-3-4-6-12(11)20-13(15)16/h3-6,9-10,13H,7-8H2,1-2H3,(H,17,18). The van der Waals surface area contributed by atoms with Gasteiger partial charge in [0.15, 0.2) is 5.17 Å². The summed E-state index contributed by atoms with van der Waals surface area (Å²) >= 11 is 2.21. The third-order valence-electron chi connectivity index (χ3n) is 3.05. The van der Waals surface area contributed by atoms with Gasteiger partial charge in [-0.3, -0.25) is 4.99 Å². The first-order chi connectivity index (χ1) is 9.56. The van der Waals surface area contributed by atoms with Crippen molar-refractivity contribution in [2.75, 3.05) is 11.1 Å². The van der Waals surface area contributed by atoms with Crippen LogP contribution < -0.4 is 5.32 Å². The maximum atomic E-state index is 12.5. The summed E-state index contributed by atoms with van der Waals surface area (Å²) in [5, 5.41) is 4.03. The van der Waals surface area contributed by atoms with Gasteiger partial charge in [0.25, 0.3) is 5.76 Å². The van der Waals surface area contributed by atoms with Crippen LogP contribution in [-0.2, 0) is 0 Å². The van der Waals surface area contributed by atoms with Crippen molar-refractivity contribution in [3.63, 3.8) is 0 Å². The summed E-state index contributed by atoms with van der Waals surface area (Å²) in [5.74, 6) is -0.903. The average Bonchev–Trinajstić information content (AvgIpc) is 2.41. The molecule has 1 aliphatic heterocycles. The Bertz CT molecular complexity index is 478. The number of hydrogen-bond donors (Lipinski definition) is 1. The minimum atomic E-state index is -2.41. The Labute approximate surface area is 126 Å². The van der Waals surface area contributed by atoms with Crippen molar-refractivity contribution in [1.82, 2.24) is 0 Å². The molecule has 20 heavy (non-hydrogen) atoms. The number of hydrogen-bond acceptors (Lipinski definition) is 4. The second kappa shape index (κ2) is 7.31. The molecule has 1 aromatic rings. The fourth-order valence-electron chi connectivity index (χ4n) is 1.96. The lowest BCUT2D eigenvalue weighted by molar-refractivity contribution is 0.252. The highest BCUT2D eigenvalue weighted by molar-refractivity contribution is 8.14. The first kappa shape index (κ1) is 15.6. The van der Waals surface area contributed by atoms with Crippen molar-refractivity contribution < 1.29 is 8.78 Å². The Kier molecular flexibility index (Phi) is 5.72. The molecular weight excluding hydrogens is 298 g/mol. The molecule has 0 radical (unpaired) electrons. The molecule has 1 unspecified atom stereocenters. The van der Waals surface area contributed by atoms with Crippen LogP contribution in [0.4, 0.5) is 14.5 Å². The van der Waals surface area contributed by atoms with Crippen molar-refractivity contribution in [3.05, 3.63) is 24.3 Å². The van der Waals surface area contributed by atoms with Crippen LogP contribution in [0, 0.1) is 5.92 Å². The van der Waals surface area contributed by atoms with E-state index in [0.717, 1.165) is 17.3 Å². The summed E-state index contributed by atoms with van der Waals surface area (Å²) in [6, 6.07) is 7.43. The summed E-state index contributed by atoms with van der Waals surface area (Å²) in [6.07, 6.45) is 1.07. The zero-order chi connectivity index (χ0) is 14.5. The van der Waals surface area contributed by atoms with Crippen molar-refractivity contribution in [2.45, 2.75) is 37.0 Å². The number of benzene rings is 1. The number of alkyl halides is 2. The SMILES string of the molecule is CC(C)C1CCSC(Nc2ccccc2SC(F)F)=N1. The lowest BCUT2D eigenvalue weighted by atomic mass is 10.0. The predicted molar refractivity (Wildman–Crippen MR) is 85.1 cm³/mol. The predicted octanol–water partition coefficient (Wildman–Crippen LogP) is 4.93. The first-order valence-electron chi connectivity index (χ1n) is 6.57. The minimum absolute atomic E-state index is 0.314. The van der Waals surface area contributed by atoms with E-state index >= 15 is 0 Å². The van der Waals surface area contributed by atoms with Gasteiger partial charge in [0, 0.05) is 10.6 Å². The summed E-state index contributed by atoms with van der Waals surface area (Å²) in [7, 11) is 0. The number of anilines is 1. The lowest BCUT2D eigenvalue weighted by Crippen LogP contribution is -2.24. The molecule has 0 saturated heterocycles. The molecule has 1 aliphatic rings. The van der Waals surface area contributed by atoms with Crippen LogP contribution in [0.2, 0.25) is 0 Å². The number of nitrogens with one attached hydrogen (secondary N) is 1. The van der Waals surface area contributed by atoms with Gasteiger partial charge in [0.1, 0.15) is 0 Å². The Balaban J connectivity index is 2.13. The monoisotopic (exact) mass is 316 g/mol. The van der Waals surface area contributed by atoms with Crippen LogP contribution in [-0.4, -0.2) is 22.7 Å². The van der Waals surface area contributed by atoms with Gasteiger partial charge in [0.2, 0.25) is 0 Å². The van der Waals surface area contributed by atoms with Gasteiger partial charge < -0.3 is 5.32 Å². The number of thioether (sulfide) groups is 2. The third-order valence-corrected chi connectivity index (χ3v) is 4.76. The molecule has 1 N–H and O–H groups in total. The quantitative estimate of drug-likeness (QED) is 0.797. The Morgan fingerprint density at radius 1 is 1.35 bits per heavy atom. The molecule has 0 spiro atoms. The van der Waals surface area contributed by atoms with Gasteiger partial charge in [0.05, 0.1) is 11.7 Å². The number of rotatable bonds is 4. The highest BCUT2D eigenvalue weighted by Crippen LogP contribution is 2.33. The van der Waals surface area contributed by atoms with Crippen molar-refractivity contribution in [3.8, 4) is 0 Å². The Morgan fingerprint density at radius 3 is 2.80 bits per heavy atom. The molecular formula is C14H18F2N2S2. The second-order valence-corrected chi connectivity index (χ2v) is 7.00. The molecule has 1 atom stereocenters. The number of para-hydroxylation sites is 1. The number of nitrogens with zero attached hydrogens (tertiary/aromatic N) is 1. The van der Waals surface area contributed by atoms with E-state index < -0.39 is 5.76 Å². The summed E-state index contributed by atoms with van der Waals surface area (Å²) in [6.45, 7) is 4.31. The summed E-state index contributed by atoms with van der Waals surface area (Å²) in [4.78, 5) is 5.22. The highest BCUT2D eigenvalue weighted by Gasteiger charge is 2.19. The molecule has 2 rings (SSSR count). The van der Waals surface area contributed by atoms with E-state index in [2.05, 4.69) is 24.2 Å². The third kappa shape index (κ3) is 4.38. The minimum Gasteiger partial charge on any atom is -0.334 e. The highest BCUT2D eigenvalue weighted by atomic mass is 32.2. The van der Waals surface area contributed by atoms with E-state index in [1.165, 1.54) is 0 Å². The largest absolute Gasteiger partial charge is 0.334 e. The molecule has 2 nitrogen and oxygen atoms in total. The number of amidine groups is 1. The van der Waals surface area contributed by atoms with Crippen LogP contribution >= 0.6 is 23.5 Å². The normalized spacial score (nSPS) is 19.3. The van der Waals surface area contributed by atoms with E-state index in [1.807, 2.05) is 12.1 Å². The second-order valence-electron chi connectivity index (χ2n) is 4.88. The van der Waals surface area contributed by atoms with Crippen molar-refractivity contribution in [1.29, 1.82) is 0 Å². The maximum Gasteiger partial charge on any atom is 0.288 e. The molecule has 0 fully saturated rings. The topological polar surface area (TPSA) is 24.4 Å². The van der Waals surface area contributed by atoms with Gasteiger partial charge in [-0.1, -0.05) is 49.5 Å². The van der Waals surface area contributed by atoms with Gasteiger partial charge in [-0.2, -0.15) is 8.78 Å². The first-order valence-corrected chi connectivity index (χ1v) is 8.44. The van der Waals surface area contributed by atoms with E-state index in [4.69, 9.17) is 0 Å². The molecule has 6 heteroatoms. The Hall–Kier alpha value is -0.750. The zero-order valence-corrected chi connectivity index (χ0v) is 13.1. The summed E-state index contributed by atoms with van der Waals surface area (Å²) < 4.78 is 25.1. The molecule has 0 amide bonds.